The van der Waals surface area contributed by atoms with Gasteiger partial charge in [0.2, 0.25) is 0 Å². The fourth-order valence-corrected chi connectivity index (χ4v) is 10.7. The summed E-state index contributed by atoms with van der Waals surface area (Å²) in [6, 6.07) is 8.79. The first-order valence-corrected chi connectivity index (χ1v) is 15.6. The van der Waals surface area contributed by atoms with Crippen molar-refractivity contribution in [3.63, 3.8) is 0 Å². The topological polar surface area (TPSA) is 74.6 Å². The molecule has 9 atom stereocenters. The van der Waals surface area contributed by atoms with Gasteiger partial charge in [0, 0.05) is 0 Å². The SMILES string of the molecule is CC(O)CC(CCC1CCC2C3CC=C4CC(O)CCC4C3CCC12C)S(=O)(=O)c1ccccc1. The number of fused-ring (bicyclic) bond motifs is 5. The van der Waals surface area contributed by atoms with E-state index in [1.807, 2.05) is 6.07 Å². The molecular weight excluding hydrogens is 456 g/mol. The Bertz CT molecular complexity index is 1020. The van der Waals surface area contributed by atoms with Gasteiger partial charge in [0.25, 0.3) is 0 Å². The van der Waals surface area contributed by atoms with Crippen LogP contribution in [0.5, 0.6) is 0 Å². The predicted octanol–water partition coefficient (Wildman–Crippen LogP) is 5.93. The quantitative estimate of drug-likeness (QED) is 0.455. The highest BCUT2D eigenvalue weighted by Gasteiger charge is 2.55. The summed E-state index contributed by atoms with van der Waals surface area (Å²) in [4.78, 5) is 0.379. The number of hydrogen-bond donors (Lipinski definition) is 2. The highest BCUT2D eigenvalue weighted by Crippen LogP contribution is 2.64. The molecule has 4 aliphatic rings. The van der Waals surface area contributed by atoms with Crippen LogP contribution in [0.3, 0.4) is 0 Å². The molecule has 2 N–H and O–H groups in total. The molecule has 0 bridgehead atoms. The summed E-state index contributed by atoms with van der Waals surface area (Å²) in [7, 11) is -3.46. The van der Waals surface area contributed by atoms with Gasteiger partial charge in [-0.05, 0) is 125 Å². The largest absolute Gasteiger partial charge is 0.393 e. The van der Waals surface area contributed by atoms with Gasteiger partial charge in [-0.25, -0.2) is 8.42 Å². The van der Waals surface area contributed by atoms with Crippen molar-refractivity contribution in [2.45, 2.75) is 107 Å². The molecule has 4 aliphatic carbocycles. The van der Waals surface area contributed by atoms with E-state index in [0.717, 1.165) is 43.4 Å². The lowest BCUT2D eigenvalue weighted by atomic mass is 9.51. The number of allylic oxidation sites excluding steroid dienone is 1. The van der Waals surface area contributed by atoms with Gasteiger partial charge in [-0.1, -0.05) is 36.8 Å². The minimum atomic E-state index is -3.46. The molecule has 3 fully saturated rings. The Morgan fingerprint density at radius 1 is 1.06 bits per heavy atom. The molecule has 0 saturated heterocycles. The highest BCUT2D eigenvalue weighted by atomic mass is 32.2. The molecule has 0 heterocycles. The summed E-state index contributed by atoms with van der Waals surface area (Å²) in [6.07, 6.45) is 12.8. The Kier molecular flexibility index (Phi) is 7.24. The summed E-state index contributed by atoms with van der Waals surface area (Å²) in [6.45, 7) is 4.21. The predicted molar refractivity (Wildman–Crippen MR) is 140 cm³/mol. The molecular formula is C30H44O4S. The van der Waals surface area contributed by atoms with Crippen LogP contribution in [0.2, 0.25) is 0 Å². The average molecular weight is 501 g/mol. The first-order chi connectivity index (χ1) is 16.7. The van der Waals surface area contributed by atoms with Crippen LogP contribution in [0, 0.1) is 35.0 Å². The minimum absolute atomic E-state index is 0.138. The van der Waals surface area contributed by atoms with E-state index in [2.05, 4.69) is 13.0 Å². The second-order valence-corrected chi connectivity index (χ2v) is 14.7. The molecule has 9 unspecified atom stereocenters. The van der Waals surface area contributed by atoms with Crippen LogP contribution < -0.4 is 0 Å². The Hall–Kier alpha value is -1.17. The first-order valence-electron chi connectivity index (χ1n) is 14.0. The molecule has 5 heteroatoms. The molecule has 3 saturated carbocycles. The van der Waals surface area contributed by atoms with Gasteiger partial charge in [0.1, 0.15) is 0 Å². The van der Waals surface area contributed by atoms with Crippen LogP contribution in [-0.2, 0) is 9.84 Å². The van der Waals surface area contributed by atoms with Crippen LogP contribution >= 0.6 is 0 Å². The summed E-state index contributed by atoms with van der Waals surface area (Å²) in [5.74, 6) is 3.52. The smallest absolute Gasteiger partial charge is 0.181 e. The normalized spacial score (nSPS) is 38.6. The Labute approximate surface area is 212 Å². The lowest BCUT2D eigenvalue weighted by molar-refractivity contribution is -0.0200. The Morgan fingerprint density at radius 2 is 1.83 bits per heavy atom. The van der Waals surface area contributed by atoms with E-state index in [-0.39, 0.29) is 6.10 Å². The summed E-state index contributed by atoms with van der Waals surface area (Å²) < 4.78 is 26.9. The molecule has 0 radical (unpaired) electrons. The van der Waals surface area contributed by atoms with Gasteiger partial charge < -0.3 is 10.2 Å². The third-order valence-corrected chi connectivity index (χ3v) is 12.8. The lowest BCUT2D eigenvalue weighted by Crippen LogP contribution is -2.46. The number of rotatable bonds is 7. The van der Waals surface area contributed by atoms with Gasteiger partial charge in [-0.3, -0.25) is 0 Å². The summed E-state index contributed by atoms with van der Waals surface area (Å²) in [5.41, 5.74) is 1.84. The van der Waals surface area contributed by atoms with E-state index in [0.29, 0.717) is 35.0 Å². The minimum Gasteiger partial charge on any atom is -0.393 e. The van der Waals surface area contributed by atoms with Crippen molar-refractivity contribution in [1.29, 1.82) is 0 Å². The van der Waals surface area contributed by atoms with Gasteiger partial charge in [-0.15, -0.1) is 0 Å². The van der Waals surface area contributed by atoms with Crippen LogP contribution in [0.4, 0.5) is 0 Å². The molecule has 4 nitrogen and oxygen atoms in total. The molecule has 0 aromatic heterocycles. The van der Waals surface area contributed by atoms with Crippen molar-refractivity contribution < 1.29 is 18.6 Å². The Morgan fingerprint density at radius 3 is 2.57 bits per heavy atom. The van der Waals surface area contributed by atoms with Gasteiger partial charge in [0.05, 0.1) is 22.4 Å². The molecule has 0 aliphatic heterocycles. The van der Waals surface area contributed by atoms with E-state index < -0.39 is 21.2 Å². The number of sulfone groups is 1. The maximum atomic E-state index is 13.4. The fourth-order valence-electron chi connectivity index (χ4n) is 8.80. The standard InChI is InChI=1S/C30H44O4S/c1-20(31)18-25(35(33,34)24-6-4-3-5-7-24)12-9-22-10-15-29-28-13-8-21-19-23(32)11-14-26(21)27(28)16-17-30(22,29)2/h3-8,20,22-23,25-29,31-32H,9-19H2,1-2H3. The molecule has 35 heavy (non-hydrogen) atoms. The molecule has 1 aromatic carbocycles. The van der Waals surface area contributed by atoms with Crippen molar-refractivity contribution >= 4 is 9.84 Å². The van der Waals surface area contributed by atoms with Crippen LogP contribution in [0.25, 0.3) is 0 Å². The van der Waals surface area contributed by atoms with Gasteiger partial charge >= 0.3 is 0 Å². The third kappa shape index (κ3) is 4.78. The second kappa shape index (κ2) is 9.95. The summed E-state index contributed by atoms with van der Waals surface area (Å²) >= 11 is 0. The second-order valence-electron chi connectivity index (χ2n) is 12.5. The van der Waals surface area contributed by atoms with E-state index in [1.54, 1.807) is 31.2 Å². The van der Waals surface area contributed by atoms with E-state index in [1.165, 1.54) is 37.7 Å². The van der Waals surface area contributed by atoms with E-state index >= 15 is 0 Å². The maximum Gasteiger partial charge on any atom is 0.181 e. The molecule has 0 amide bonds. The van der Waals surface area contributed by atoms with Crippen LogP contribution in [0.15, 0.2) is 46.9 Å². The fraction of sp³-hybridized carbons (Fsp3) is 0.733. The third-order valence-electron chi connectivity index (χ3n) is 10.6. The number of benzene rings is 1. The average Bonchev–Trinajstić information content (AvgIpc) is 3.17. The van der Waals surface area contributed by atoms with Crippen molar-refractivity contribution in [3.05, 3.63) is 42.0 Å². The zero-order chi connectivity index (χ0) is 24.8. The van der Waals surface area contributed by atoms with Crippen molar-refractivity contribution in [2.75, 3.05) is 0 Å². The zero-order valence-electron chi connectivity index (χ0n) is 21.5. The monoisotopic (exact) mass is 500 g/mol. The zero-order valence-corrected chi connectivity index (χ0v) is 22.3. The number of aliphatic hydroxyl groups excluding tert-OH is 2. The van der Waals surface area contributed by atoms with E-state index in [9.17, 15) is 18.6 Å². The van der Waals surface area contributed by atoms with Gasteiger partial charge in [-0.2, -0.15) is 0 Å². The first kappa shape index (κ1) is 25.5. The molecule has 1 aromatic rings. The molecule has 194 valence electrons. The van der Waals surface area contributed by atoms with Crippen LogP contribution in [-0.4, -0.2) is 36.1 Å². The molecule has 5 rings (SSSR count). The lowest BCUT2D eigenvalue weighted by Gasteiger charge is -2.54. The van der Waals surface area contributed by atoms with Gasteiger partial charge in [0.15, 0.2) is 9.84 Å². The maximum absolute atomic E-state index is 13.4. The summed E-state index contributed by atoms with van der Waals surface area (Å²) in [5, 5.41) is 19.7. The van der Waals surface area contributed by atoms with Crippen LogP contribution in [0.1, 0.15) is 84.5 Å². The highest BCUT2D eigenvalue weighted by molar-refractivity contribution is 7.92. The Balaban J connectivity index is 1.30. The number of aliphatic hydroxyl groups is 2. The van der Waals surface area contributed by atoms with Crippen molar-refractivity contribution in [2.24, 2.45) is 35.0 Å². The van der Waals surface area contributed by atoms with Crippen molar-refractivity contribution in [3.8, 4) is 0 Å². The van der Waals surface area contributed by atoms with E-state index in [4.69, 9.17) is 0 Å². The van der Waals surface area contributed by atoms with Crippen molar-refractivity contribution in [1.82, 2.24) is 0 Å². The molecule has 0 spiro atoms. The number of hydrogen-bond acceptors (Lipinski definition) is 4.